The van der Waals surface area contributed by atoms with E-state index in [-0.39, 0.29) is 23.6 Å². The number of amides is 1. The maximum atomic E-state index is 13.2. The number of phenols is 1. The van der Waals surface area contributed by atoms with Crippen molar-refractivity contribution in [2.75, 3.05) is 6.54 Å². The van der Waals surface area contributed by atoms with E-state index in [1.165, 1.54) is 6.07 Å². The fourth-order valence-corrected chi connectivity index (χ4v) is 3.65. The van der Waals surface area contributed by atoms with Crippen LogP contribution < -0.4 is 0 Å². The van der Waals surface area contributed by atoms with E-state index in [9.17, 15) is 9.90 Å². The van der Waals surface area contributed by atoms with Gasteiger partial charge in [0.25, 0.3) is 5.91 Å². The summed E-state index contributed by atoms with van der Waals surface area (Å²) in [6.07, 6.45) is 4.37. The van der Waals surface area contributed by atoms with E-state index in [2.05, 4.69) is 23.9 Å². The summed E-state index contributed by atoms with van der Waals surface area (Å²) in [4.78, 5) is 24.0. The third-order valence-corrected chi connectivity index (χ3v) is 5.31. The van der Waals surface area contributed by atoms with Crippen LogP contribution in [0.3, 0.4) is 0 Å². The summed E-state index contributed by atoms with van der Waals surface area (Å²) < 4.78 is 1.91. The Bertz CT molecular complexity index is 985. The monoisotopic (exact) mass is 377 g/mol. The maximum absolute atomic E-state index is 13.2. The number of carbonyl (C=O) groups excluding carboxylic acids is 1. The van der Waals surface area contributed by atoms with Crippen LogP contribution in [0.4, 0.5) is 0 Å². The number of rotatable bonds is 4. The van der Waals surface area contributed by atoms with Crippen molar-refractivity contribution < 1.29 is 9.90 Å². The lowest BCUT2D eigenvalue weighted by Crippen LogP contribution is -2.45. The molecular weight excluding hydrogens is 354 g/mol. The molecule has 0 saturated heterocycles. The Morgan fingerprint density at radius 2 is 2.14 bits per heavy atom. The molecule has 0 bridgehead atoms. The molecule has 4 rings (SSSR count). The van der Waals surface area contributed by atoms with Gasteiger partial charge in [0.05, 0.1) is 12.6 Å². The van der Waals surface area contributed by atoms with Crippen LogP contribution in [0, 0.1) is 5.92 Å². The third kappa shape index (κ3) is 3.24. The molecule has 28 heavy (non-hydrogen) atoms. The van der Waals surface area contributed by atoms with Crippen LogP contribution in [0.5, 0.6) is 5.75 Å². The number of nitrogens with zero attached hydrogens (tertiary/aromatic N) is 5. The Hall–Kier alpha value is -3.22. The molecule has 1 N–H and O–H groups in total. The molecule has 2 aromatic heterocycles. The highest BCUT2D eigenvalue weighted by Gasteiger charge is 2.37. The van der Waals surface area contributed by atoms with Gasteiger partial charge in [-0.25, -0.2) is 9.67 Å². The summed E-state index contributed by atoms with van der Waals surface area (Å²) in [5.74, 6) is 1.63. The minimum atomic E-state index is -0.175. The molecule has 0 aliphatic carbocycles. The van der Waals surface area contributed by atoms with Gasteiger partial charge in [-0.05, 0) is 36.2 Å². The number of hydrogen-bond acceptors (Lipinski definition) is 5. The minimum absolute atomic E-state index is 0.0879. The molecule has 7 heteroatoms. The van der Waals surface area contributed by atoms with Crippen LogP contribution in [-0.4, -0.2) is 42.2 Å². The van der Waals surface area contributed by atoms with Gasteiger partial charge in [0.1, 0.15) is 5.75 Å². The van der Waals surface area contributed by atoms with Crippen molar-refractivity contribution >= 4 is 5.91 Å². The van der Waals surface area contributed by atoms with Crippen molar-refractivity contribution in [3.63, 3.8) is 0 Å². The normalized spacial score (nSPS) is 17.2. The van der Waals surface area contributed by atoms with Gasteiger partial charge < -0.3 is 10.0 Å². The van der Waals surface area contributed by atoms with Crippen LogP contribution in [0.1, 0.15) is 42.5 Å². The smallest absolute Gasteiger partial charge is 0.254 e. The highest BCUT2D eigenvalue weighted by molar-refractivity contribution is 5.95. The van der Waals surface area contributed by atoms with Gasteiger partial charge in [-0.3, -0.25) is 9.78 Å². The number of hydrogen-bond donors (Lipinski definition) is 1. The fraction of sp³-hybridized carbons (Fsp3) is 0.333. The van der Waals surface area contributed by atoms with Gasteiger partial charge in [-0.2, -0.15) is 5.10 Å². The van der Waals surface area contributed by atoms with E-state index in [0.717, 1.165) is 17.8 Å². The first-order valence-electron chi connectivity index (χ1n) is 9.53. The molecule has 1 amide bonds. The standard InChI is InChI=1S/C21H23N5O2/c1-3-14(2)18-20-23-19(16-7-5-9-22-13-16)24-26(20)11-10-25(18)21(28)15-6-4-8-17(27)12-15/h4-9,12-14,18,27H,3,10-11H2,1-2H3/t14-,18-/m0/s1. The van der Waals surface area contributed by atoms with Crippen molar-refractivity contribution in [1.82, 2.24) is 24.6 Å². The van der Waals surface area contributed by atoms with Crippen molar-refractivity contribution in [1.29, 1.82) is 0 Å². The van der Waals surface area contributed by atoms with Gasteiger partial charge in [-0.1, -0.05) is 26.3 Å². The number of benzene rings is 1. The first kappa shape index (κ1) is 18.2. The SMILES string of the molecule is CC[C@H](C)[C@H]1c2nc(-c3cccnc3)nn2CCN1C(=O)c1cccc(O)c1. The van der Waals surface area contributed by atoms with Crippen LogP contribution in [0.2, 0.25) is 0 Å². The predicted octanol–water partition coefficient (Wildman–Crippen LogP) is 3.29. The lowest BCUT2D eigenvalue weighted by atomic mass is 9.94. The second-order valence-electron chi connectivity index (χ2n) is 7.14. The second kappa shape index (κ2) is 7.42. The minimum Gasteiger partial charge on any atom is -0.508 e. The summed E-state index contributed by atoms with van der Waals surface area (Å²) in [7, 11) is 0. The van der Waals surface area contributed by atoms with E-state index in [1.54, 1.807) is 30.6 Å². The largest absolute Gasteiger partial charge is 0.508 e. The van der Waals surface area contributed by atoms with Gasteiger partial charge in [0, 0.05) is 30.1 Å². The molecule has 0 radical (unpaired) electrons. The zero-order chi connectivity index (χ0) is 19.7. The van der Waals surface area contributed by atoms with E-state index >= 15 is 0 Å². The highest BCUT2D eigenvalue weighted by Crippen LogP contribution is 2.35. The molecule has 7 nitrogen and oxygen atoms in total. The number of aromatic nitrogens is 4. The van der Waals surface area contributed by atoms with Crippen LogP contribution in [0.25, 0.3) is 11.4 Å². The first-order valence-corrected chi connectivity index (χ1v) is 9.53. The van der Waals surface area contributed by atoms with Crippen molar-refractivity contribution in [3.05, 3.63) is 60.2 Å². The molecular formula is C21H23N5O2. The van der Waals surface area contributed by atoms with E-state index in [4.69, 9.17) is 4.98 Å². The zero-order valence-corrected chi connectivity index (χ0v) is 16.0. The molecule has 0 fully saturated rings. The Kier molecular flexibility index (Phi) is 4.81. The van der Waals surface area contributed by atoms with Gasteiger partial charge in [0.2, 0.25) is 0 Å². The average molecular weight is 377 g/mol. The molecule has 0 saturated carbocycles. The molecule has 0 spiro atoms. The summed E-state index contributed by atoms with van der Waals surface area (Å²) in [6.45, 7) is 5.37. The maximum Gasteiger partial charge on any atom is 0.254 e. The third-order valence-electron chi connectivity index (χ3n) is 5.31. The van der Waals surface area contributed by atoms with E-state index in [0.29, 0.717) is 24.5 Å². The fourth-order valence-electron chi connectivity index (χ4n) is 3.65. The molecule has 1 aliphatic heterocycles. The Labute approximate surface area is 163 Å². The average Bonchev–Trinajstić information content (AvgIpc) is 3.17. The molecule has 3 aromatic rings. The van der Waals surface area contributed by atoms with Crippen molar-refractivity contribution in [2.45, 2.75) is 32.9 Å². The predicted molar refractivity (Wildman–Crippen MR) is 105 cm³/mol. The van der Waals surface area contributed by atoms with Crippen molar-refractivity contribution in [3.8, 4) is 17.1 Å². The topological polar surface area (TPSA) is 84.1 Å². The van der Waals surface area contributed by atoms with Crippen molar-refractivity contribution in [2.24, 2.45) is 5.92 Å². The second-order valence-corrected chi connectivity index (χ2v) is 7.14. The Balaban J connectivity index is 1.73. The molecule has 0 unspecified atom stereocenters. The first-order chi connectivity index (χ1) is 13.6. The zero-order valence-electron chi connectivity index (χ0n) is 16.0. The van der Waals surface area contributed by atoms with Gasteiger partial charge in [-0.15, -0.1) is 0 Å². The van der Waals surface area contributed by atoms with E-state index < -0.39 is 0 Å². The molecule has 1 aromatic carbocycles. The molecule has 144 valence electrons. The number of fused-ring (bicyclic) bond motifs is 1. The number of carbonyl (C=O) groups is 1. The molecule has 1 aliphatic rings. The van der Waals surface area contributed by atoms with Crippen LogP contribution in [-0.2, 0) is 6.54 Å². The number of aromatic hydroxyl groups is 1. The summed E-state index contributed by atoms with van der Waals surface area (Å²) >= 11 is 0. The van der Waals surface area contributed by atoms with E-state index in [1.807, 2.05) is 21.7 Å². The highest BCUT2D eigenvalue weighted by atomic mass is 16.3. The quantitative estimate of drug-likeness (QED) is 0.754. The molecule has 2 atom stereocenters. The van der Waals surface area contributed by atoms with Crippen LogP contribution in [0.15, 0.2) is 48.8 Å². The summed E-state index contributed by atoms with van der Waals surface area (Å²) in [6, 6.07) is 10.1. The Morgan fingerprint density at radius 3 is 2.86 bits per heavy atom. The summed E-state index contributed by atoms with van der Waals surface area (Å²) in [5, 5.41) is 14.4. The summed E-state index contributed by atoms with van der Waals surface area (Å²) in [5.41, 5.74) is 1.34. The number of phenolic OH excluding ortho intramolecular Hbond substituents is 1. The van der Waals surface area contributed by atoms with Gasteiger partial charge >= 0.3 is 0 Å². The lowest BCUT2D eigenvalue weighted by Gasteiger charge is -2.38. The Morgan fingerprint density at radius 1 is 1.29 bits per heavy atom. The molecule has 3 heterocycles. The lowest BCUT2D eigenvalue weighted by molar-refractivity contribution is 0.0518. The van der Waals surface area contributed by atoms with Crippen LogP contribution >= 0.6 is 0 Å². The number of pyridine rings is 1. The van der Waals surface area contributed by atoms with Gasteiger partial charge in [0.15, 0.2) is 11.6 Å².